The normalized spacial score (nSPS) is 18.6. The van der Waals surface area contributed by atoms with Crippen molar-refractivity contribution in [1.29, 1.82) is 0 Å². The number of halogens is 1. The summed E-state index contributed by atoms with van der Waals surface area (Å²) in [5, 5.41) is 0.581. The summed E-state index contributed by atoms with van der Waals surface area (Å²) < 4.78 is 0. The summed E-state index contributed by atoms with van der Waals surface area (Å²) in [6, 6.07) is 0. The quantitative estimate of drug-likeness (QED) is 0.749. The average molecular weight is 249 g/mol. The van der Waals surface area contributed by atoms with Gasteiger partial charge in [-0.05, 0) is 31.3 Å². The first-order chi connectivity index (χ1) is 8.20. The number of hydrogen-bond donors (Lipinski definition) is 0. The molecular weight excluding hydrogens is 232 g/mol. The molecule has 1 atom stereocenters. The zero-order valence-corrected chi connectivity index (χ0v) is 11.0. The third-order valence-electron chi connectivity index (χ3n) is 3.01. The second-order valence-electron chi connectivity index (χ2n) is 4.47. The van der Waals surface area contributed by atoms with E-state index in [0.717, 1.165) is 11.7 Å². The number of rotatable bonds is 4. The molecular formula is C14H17ClN2. The molecule has 3 heteroatoms. The van der Waals surface area contributed by atoms with Crippen molar-refractivity contribution in [3.8, 4) is 0 Å². The highest BCUT2D eigenvalue weighted by molar-refractivity contribution is 6.30. The molecule has 0 N–H and O–H groups in total. The van der Waals surface area contributed by atoms with Gasteiger partial charge in [0.15, 0.2) is 0 Å². The van der Waals surface area contributed by atoms with E-state index in [1.807, 2.05) is 0 Å². The molecule has 1 unspecified atom stereocenters. The predicted molar refractivity (Wildman–Crippen MR) is 71.1 cm³/mol. The third-order valence-corrected chi connectivity index (χ3v) is 3.20. The molecule has 0 spiro atoms. The second-order valence-corrected chi connectivity index (χ2v) is 4.91. The van der Waals surface area contributed by atoms with Gasteiger partial charge in [-0.1, -0.05) is 36.8 Å². The van der Waals surface area contributed by atoms with Crippen molar-refractivity contribution in [2.24, 2.45) is 5.92 Å². The van der Waals surface area contributed by atoms with Crippen molar-refractivity contribution in [3.63, 3.8) is 0 Å². The summed E-state index contributed by atoms with van der Waals surface area (Å²) in [6.45, 7) is 4.20. The standard InChI is InChI=1S/C14H17ClN2/c1-3-11(12-6-7-12)5-4-10(2)14-16-8-13(15)9-17-14/h3-5,8-10,12H,6-7H2,1-2H3/b5-4-,11-3+. The Kier molecular flexibility index (Phi) is 3.95. The van der Waals surface area contributed by atoms with Gasteiger partial charge in [-0.2, -0.15) is 0 Å². The lowest BCUT2D eigenvalue weighted by Crippen LogP contribution is -1.97. The van der Waals surface area contributed by atoms with Gasteiger partial charge in [0.25, 0.3) is 0 Å². The number of aromatic nitrogens is 2. The maximum absolute atomic E-state index is 5.76. The lowest BCUT2D eigenvalue weighted by atomic mass is 10.1. The summed E-state index contributed by atoms with van der Waals surface area (Å²) in [6.07, 6.45) is 12.5. The van der Waals surface area contributed by atoms with Gasteiger partial charge in [0.05, 0.1) is 5.02 Å². The SMILES string of the molecule is C/C=C(\C=C/C(C)c1ncc(Cl)cn1)C1CC1. The van der Waals surface area contributed by atoms with Crippen LogP contribution >= 0.6 is 11.6 Å². The fourth-order valence-electron chi connectivity index (χ4n) is 1.78. The van der Waals surface area contributed by atoms with Crippen LogP contribution in [0.3, 0.4) is 0 Å². The van der Waals surface area contributed by atoms with Gasteiger partial charge in [0, 0.05) is 18.3 Å². The number of hydrogen-bond acceptors (Lipinski definition) is 2. The van der Waals surface area contributed by atoms with Crippen molar-refractivity contribution in [2.45, 2.75) is 32.6 Å². The van der Waals surface area contributed by atoms with Gasteiger partial charge in [-0.3, -0.25) is 0 Å². The van der Waals surface area contributed by atoms with E-state index in [9.17, 15) is 0 Å². The Balaban J connectivity index is 2.02. The fraction of sp³-hybridized carbons (Fsp3) is 0.429. The predicted octanol–water partition coefficient (Wildman–Crippen LogP) is 4.15. The molecule has 0 amide bonds. The Labute approximate surface area is 107 Å². The maximum Gasteiger partial charge on any atom is 0.134 e. The van der Waals surface area contributed by atoms with Crippen molar-refractivity contribution < 1.29 is 0 Å². The molecule has 1 aliphatic rings. The summed E-state index contributed by atoms with van der Waals surface area (Å²) in [4.78, 5) is 8.46. The van der Waals surface area contributed by atoms with Gasteiger partial charge in [-0.15, -0.1) is 0 Å². The van der Waals surface area contributed by atoms with Gasteiger partial charge in [0.2, 0.25) is 0 Å². The van der Waals surface area contributed by atoms with Gasteiger partial charge < -0.3 is 0 Å². The number of nitrogens with zero attached hydrogens (tertiary/aromatic N) is 2. The minimum Gasteiger partial charge on any atom is -0.239 e. The Morgan fingerprint density at radius 2 is 2.06 bits per heavy atom. The van der Waals surface area contributed by atoms with Crippen LogP contribution in [-0.2, 0) is 0 Å². The monoisotopic (exact) mass is 248 g/mol. The van der Waals surface area contributed by atoms with Gasteiger partial charge >= 0.3 is 0 Å². The van der Waals surface area contributed by atoms with Crippen LogP contribution in [0.4, 0.5) is 0 Å². The van der Waals surface area contributed by atoms with E-state index in [1.165, 1.54) is 18.4 Å². The van der Waals surface area contributed by atoms with Crippen molar-refractivity contribution >= 4 is 11.6 Å². The topological polar surface area (TPSA) is 25.8 Å². The zero-order chi connectivity index (χ0) is 12.3. The molecule has 2 nitrogen and oxygen atoms in total. The first kappa shape index (κ1) is 12.3. The van der Waals surface area contributed by atoms with Crippen molar-refractivity contribution in [3.05, 3.63) is 47.0 Å². The average Bonchev–Trinajstić information content (AvgIpc) is 3.15. The summed E-state index contributed by atoms with van der Waals surface area (Å²) in [5.74, 6) is 1.83. The molecule has 1 fully saturated rings. The van der Waals surface area contributed by atoms with Crippen LogP contribution in [0.2, 0.25) is 5.02 Å². The van der Waals surface area contributed by atoms with Crippen molar-refractivity contribution in [2.75, 3.05) is 0 Å². The highest BCUT2D eigenvalue weighted by Crippen LogP contribution is 2.37. The van der Waals surface area contributed by atoms with Crippen LogP contribution in [0.1, 0.15) is 38.4 Å². The van der Waals surface area contributed by atoms with E-state index in [4.69, 9.17) is 11.6 Å². The van der Waals surface area contributed by atoms with E-state index in [2.05, 4.69) is 42.0 Å². The molecule has 1 aliphatic carbocycles. The Morgan fingerprint density at radius 1 is 1.41 bits per heavy atom. The van der Waals surface area contributed by atoms with Gasteiger partial charge in [0.1, 0.15) is 5.82 Å². The van der Waals surface area contributed by atoms with Gasteiger partial charge in [-0.25, -0.2) is 9.97 Å². The molecule has 0 aliphatic heterocycles. The highest BCUT2D eigenvalue weighted by Gasteiger charge is 2.23. The van der Waals surface area contributed by atoms with Crippen LogP contribution in [0, 0.1) is 5.92 Å². The molecule has 0 saturated heterocycles. The summed E-state index contributed by atoms with van der Waals surface area (Å²) >= 11 is 5.76. The first-order valence-corrected chi connectivity index (χ1v) is 6.40. The smallest absolute Gasteiger partial charge is 0.134 e. The molecule has 1 saturated carbocycles. The molecule has 2 rings (SSSR count). The second kappa shape index (κ2) is 5.46. The Morgan fingerprint density at radius 3 is 2.59 bits per heavy atom. The molecule has 1 aromatic heterocycles. The van der Waals surface area contributed by atoms with Crippen LogP contribution in [-0.4, -0.2) is 9.97 Å². The number of allylic oxidation sites excluding steroid dienone is 4. The largest absolute Gasteiger partial charge is 0.239 e. The summed E-state index contributed by atoms with van der Waals surface area (Å²) in [7, 11) is 0. The maximum atomic E-state index is 5.76. The van der Waals surface area contributed by atoms with E-state index >= 15 is 0 Å². The minimum atomic E-state index is 0.223. The summed E-state index contributed by atoms with van der Waals surface area (Å²) in [5.41, 5.74) is 1.44. The minimum absolute atomic E-state index is 0.223. The van der Waals surface area contributed by atoms with Crippen LogP contribution in [0.15, 0.2) is 36.2 Å². The Hall–Kier alpha value is -1.15. The molecule has 1 heterocycles. The third kappa shape index (κ3) is 3.40. The molecule has 17 heavy (non-hydrogen) atoms. The molecule has 90 valence electrons. The van der Waals surface area contributed by atoms with E-state index in [1.54, 1.807) is 12.4 Å². The fourth-order valence-corrected chi connectivity index (χ4v) is 1.88. The molecule has 0 bridgehead atoms. The molecule has 0 radical (unpaired) electrons. The van der Waals surface area contributed by atoms with Crippen LogP contribution in [0.25, 0.3) is 0 Å². The first-order valence-electron chi connectivity index (χ1n) is 6.02. The van der Waals surface area contributed by atoms with Crippen LogP contribution in [0.5, 0.6) is 0 Å². The van der Waals surface area contributed by atoms with E-state index in [0.29, 0.717) is 5.02 Å². The molecule has 0 aromatic carbocycles. The highest BCUT2D eigenvalue weighted by atomic mass is 35.5. The Bertz CT molecular complexity index is 430. The van der Waals surface area contributed by atoms with Crippen LogP contribution < -0.4 is 0 Å². The lowest BCUT2D eigenvalue weighted by molar-refractivity contribution is 0.839. The van der Waals surface area contributed by atoms with Crippen molar-refractivity contribution in [1.82, 2.24) is 9.97 Å². The zero-order valence-electron chi connectivity index (χ0n) is 10.2. The van der Waals surface area contributed by atoms with E-state index < -0.39 is 0 Å². The lowest BCUT2D eigenvalue weighted by Gasteiger charge is -2.05. The molecule has 1 aromatic rings. The van der Waals surface area contributed by atoms with E-state index in [-0.39, 0.29) is 5.92 Å².